The van der Waals surface area contributed by atoms with E-state index in [-0.39, 0.29) is 26.7 Å². The van der Waals surface area contributed by atoms with Crippen LogP contribution in [0.4, 0.5) is 5.82 Å². The van der Waals surface area contributed by atoms with Crippen molar-refractivity contribution in [1.82, 2.24) is 19.6 Å². The first-order valence-electron chi connectivity index (χ1n) is 12.3. The molecular formula is C28H32N6O4. The molecule has 1 aliphatic heterocycles. The zero-order valence-electron chi connectivity index (χ0n) is 20.6. The number of anilines is 1. The molecule has 4 aromatic heterocycles. The molecule has 1 aliphatic rings. The lowest BCUT2D eigenvalue weighted by Crippen LogP contribution is -2.38. The molecule has 0 aliphatic carbocycles. The minimum Gasteiger partial charge on any atom is -0.492 e. The number of rotatable bonds is 9. The fraction of sp³-hybridized carbons (Fsp3) is 0.357. The van der Waals surface area contributed by atoms with Crippen LogP contribution in [0.25, 0.3) is 16.6 Å². The second kappa shape index (κ2) is 12.3. The summed E-state index contributed by atoms with van der Waals surface area (Å²) in [7, 11) is 0. The van der Waals surface area contributed by atoms with Gasteiger partial charge in [-0.2, -0.15) is 10.4 Å². The molecule has 0 bridgehead atoms. The monoisotopic (exact) mass is 516 g/mol. The van der Waals surface area contributed by atoms with Gasteiger partial charge in [-0.1, -0.05) is 7.43 Å². The smallest absolute Gasteiger partial charge is 0.213 e. The molecule has 10 heteroatoms. The first-order valence-corrected chi connectivity index (χ1v) is 12.3. The average Bonchev–Trinajstić information content (AvgIpc) is 3.36. The van der Waals surface area contributed by atoms with Gasteiger partial charge in [-0.15, -0.1) is 0 Å². The molecule has 5 heterocycles. The number of pyridine rings is 3. The molecule has 1 N–H and O–H groups in total. The van der Waals surface area contributed by atoms with Gasteiger partial charge in [0.05, 0.1) is 42.9 Å². The van der Waals surface area contributed by atoms with Crippen LogP contribution in [0, 0.1) is 11.3 Å². The summed E-state index contributed by atoms with van der Waals surface area (Å²) in [6.45, 7) is 4.29. The van der Waals surface area contributed by atoms with Crippen LogP contribution in [0.2, 0.25) is 0 Å². The summed E-state index contributed by atoms with van der Waals surface area (Å²) in [4.78, 5) is 11.2. The second-order valence-electron chi connectivity index (χ2n) is 8.60. The van der Waals surface area contributed by atoms with Crippen molar-refractivity contribution in [3.8, 4) is 34.6 Å². The predicted octanol–water partition coefficient (Wildman–Crippen LogP) is 4.12. The molecule has 0 atom stereocenters. The fourth-order valence-corrected chi connectivity index (χ4v) is 4.44. The Bertz CT molecular complexity index is 1370. The Morgan fingerprint density at radius 1 is 1.05 bits per heavy atom. The van der Waals surface area contributed by atoms with Crippen molar-refractivity contribution in [2.24, 2.45) is 0 Å². The Morgan fingerprint density at radius 3 is 2.55 bits per heavy atom. The van der Waals surface area contributed by atoms with E-state index in [4.69, 9.17) is 24.3 Å². The van der Waals surface area contributed by atoms with E-state index in [0.717, 1.165) is 48.4 Å². The van der Waals surface area contributed by atoms with E-state index in [1.807, 2.05) is 37.4 Å². The summed E-state index contributed by atoms with van der Waals surface area (Å²) >= 11 is 0. The van der Waals surface area contributed by atoms with Crippen molar-refractivity contribution in [1.29, 1.82) is 5.26 Å². The van der Waals surface area contributed by atoms with Crippen LogP contribution >= 0.6 is 0 Å². The summed E-state index contributed by atoms with van der Waals surface area (Å²) in [5, 5.41) is 22.7. The molecule has 0 unspecified atom stereocenters. The maximum Gasteiger partial charge on any atom is 0.213 e. The number of fused-ring (bicyclic) bond motifs is 1. The van der Waals surface area contributed by atoms with Gasteiger partial charge in [-0.3, -0.25) is 0 Å². The van der Waals surface area contributed by atoms with Crippen LogP contribution in [-0.4, -0.2) is 63.7 Å². The van der Waals surface area contributed by atoms with Gasteiger partial charge in [0.1, 0.15) is 36.1 Å². The second-order valence-corrected chi connectivity index (χ2v) is 8.60. The highest BCUT2D eigenvalue weighted by Gasteiger charge is 2.22. The molecule has 0 saturated carbocycles. The number of nitrogens with zero attached hydrogens (tertiary/aromatic N) is 6. The topological polar surface area (TPSA) is 118 Å². The third-order valence-electron chi connectivity index (χ3n) is 6.20. The number of piperidine rings is 1. The number of hydrogen-bond acceptors (Lipinski definition) is 9. The first kappa shape index (κ1) is 26.7. The Kier molecular flexibility index (Phi) is 8.61. The number of aliphatic hydroxyl groups is 1. The van der Waals surface area contributed by atoms with E-state index in [1.54, 1.807) is 29.2 Å². The van der Waals surface area contributed by atoms with Crippen LogP contribution in [0.3, 0.4) is 0 Å². The average molecular weight is 517 g/mol. The van der Waals surface area contributed by atoms with E-state index >= 15 is 0 Å². The molecule has 0 amide bonds. The van der Waals surface area contributed by atoms with E-state index < -0.39 is 0 Å². The lowest BCUT2D eigenvalue weighted by molar-refractivity contribution is 0.169. The molecule has 1 saturated heterocycles. The molecule has 10 nitrogen and oxygen atoms in total. The normalized spacial score (nSPS) is 13.6. The number of hydrogen-bond donors (Lipinski definition) is 1. The van der Waals surface area contributed by atoms with Crippen LogP contribution < -0.4 is 19.1 Å². The minimum atomic E-state index is -0.0477. The Hall–Kier alpha value is -4.36. The molecular weight excluding hydrogens is 484 g/mol. The van der Waals surface area contributed by atoms with Gasteiger partial charge in [-0.25, -0.2) is 14.5 Å². The maximum absolute atomic E-state index is 9.56. The van der Waals surface area contributed by atoms with Crippen LogP contribution in [0.1, 0.15) is 32.8 Å². The van der Waals surface area contributed by atoms with E-state index in [2.05, 4.69) is 21.1 Å². The summed E-state index contributed by atoms with van der Waals surface area (Å²) in [6.07, 6.45) is 8.67. The largest absolute Gasteiger partial charge is 0.492 e. The lowest BCUT2D eigenvalue weighted by atomic mass is 10.0. The predicted molar refractivity (Wildman–Crippen MR) is 144 cm³/mol. The lowest BCUT2D eigenvalue weighted by Gasteiger charge is -2.33. The third kappa shape index (κ3) is 5.79. The summed E-state index contributed by atoms with van der Waals surface area (Å²) in [5.41, 5.74) is 2.99. The minimum absolute atomic E-state index is 0. The van der Waals surface area contributed by atoms with E-state index in [9.17, 15) is 5.26 Å². The van der Waals surface area contributed by atoms with E-state index in [1.165, 1.54) is 0 Å². The fourth-order valence-electron chi connectivity index (χ4n) is 4.44. The highest BCUT2D eigenvalue weighted by molar-refractivity contribution is 5.85. The van der Waals surface area contributed by atoms with Gasteiger partial charge in [0.2, 0.25) is 5.88 Å². The van der Waals surface area contributed by atoms with Gasteiger partial charge in [0, 0.05) is 49.3 Å². The quantitative estimate of drug-likeness (QED) is 0.350. The van der Waals surface area contributed by atoms with Crippen molar-refractivity contribution >= 4 is 11.3 Å². The van der Waals surface area contributed by atoms with E-state index in [0.29, 0.717) is 29.5 Å². The molecule has 0 radical (unpaired) electrons. The number of ether oxygens (including phenoxy) is 3. The summed E-state index contributed by atoms with van der Waals surface area (Å²) in [5.74, 6) is 2.76. The summed E-state index contributed by atoms with van der Waals surface area (Å²) < 4.78 is 18.8. The Labute approximate surface area is 222 Å². The maximum atomic E-state index is 9.56. The molecule has 1 fully saturated rings. The molecule has 0 spiro atoms. The van der Waals surface area contributed by atoms with Crippen LogP contribution in [0.15, 0.2) is 55.1 Å². The van der Waals surface area contributed by atoms with Crippen molar-refractivity contribution < 1.29 is 19.3 Å². The summed E-state index contributed by atoms with van der Waals surface area (Å²) in [6, 6.07) is 11.8. The zero-order chi connectivity index (χ0) is 25.6. The molecule has 5 rings (SSSR count). The van der Waals surface area contributed by atoms with Crippen molar-refractivity contribution in [3.05, 3.63) is 60.7 Å². The number of aliphatic hydroxyl groups excluding tert-OH is 1. The van der Waals surface area contributed by atoms with Crippen molar-refractivity contribution in [2.75, 3.05) is 37.8 Å². The van der Waals surface area contributed by atoms with Gasteiger partial charge in [0.15, 0.2) is 0 Å². The highest BCUT2D eigenvalue weighted by atomic mass is 16.5. The van der Waals surface area contributed by atoms with Crippen LogP contribution in [0.5, 0.6) is 17.4 Å². The Balaban J connectivity index is 0.00000336. The standard InChI is InChI=1S/C27H28N6O4.CH4/c1-2-35-23-13-24(27-20(14-28)16-31-33(27)18-23)19-3-5-25(29-15-19)32-9-7-21(8-10-32)37-22-4-6-26(30-17-22)36-12-11-34;/h3-6,13,15-18,21,34H,2,7-12H2,1H3;1H4. The molecule has 4 aromatic rings. The first-order chi connectivity index (χ1) is 18.2. The van der Waals surface area contributed by atoms with Gasteiger partial charge >= 0.3 is 0 Å². The van der Waals surface area contributed by atoms with Gasteiger partial charge < -0.3 is 24.2 Å². The number of nitriles is 1. The highest BCUT2D eigenvalue weighted by Crippen LogP contribution is 2.32. The van der Waals surface area contributed by atoms with Gasteiger partial charge in [-0.05, 0) is 31.2 Å². The van der Waals surface area contributed by atoms with Crippen molar-refractivity contribution in [3.63, 3.8) is 0 Å². The van der Waals surface area contributed by atoms with Gasteiger partial charge in [0.25, 0.3) is 0 Å². The van der Waals surface area contributed by atoms with Crippen molar-refractivity contribution in [2.45, 2.75) is 33.3 Å². The molecule has 198 valence electrons. The number of aromatic nitrogens is 4. The third-order valence-corrected chi connectivity index (χ3v) is 6.20. The van der Waals surface area contributed by atoms with Crippen LogP contribution in [-0.2, 0) is 0 Å². The molecule has 38 heavy (non-hydrogen) atoms. The molecule has 0 aromatic carbocycles. The zero-order valence-corrected chi connectivity index (χ0v) is 20.6. The Morgan fingerprint density at radius 2 is 1.89 bits per heavy atom. The SMILES string of the molecule is C.CCOc1cc(-c2ccc(N3CCC(Oc4ccc(OCCO)nc4)CC3)nc2)c2c(C#N)cnn2c1.